The van der Waals surface area contributed by atoms with Crippen LogP contribution >= 0.6 is 7.82 Å². The van der Waals surface area contributed by atoms with Crippen molar-refractivity contribution in [2.24, 2.45) is 0 Å². The highest BCUT2D eigenvalue weighted by Gasteiger charge is 2.27. The van der Waals surface area contributed by atoms with Gasteiger partial charge in [0.2, 0.25) is 0 Å². The molecule has 0 saturated carbocycles. The van der Waals surface area contributed by atoms with E-state index in [0.717, 1.165) is 9.13 Å². The van der Waals surface area contributed by atoms with E-state index in [1.165, 1.54) is 0 Å². The predicted octanol–water partition coefficient (Wildman–Crippen LogP) is -3.86. The first-order valence-corrected chi connectivity index (χ1v) is 10.3. The predicted molar refractivity (Wildman–Crippen MR) is 99.8 cm³/mol. The normalized spacial score (nSPS) is 15.4. The summed E-state index contributed by atoms with van der Waals surface area (Å²) in [6.45, 7) is -1.84. The van der Waals surface area contributed by atoms with Gasteiger partial charge in [-0.3, -0.25) is 28.4 Å². The minimum Gasteiger partial charge on any atom is -0.394 e. The van der Waals surface area contributed by atoms with Crippen LogP contribution in [0, 0.1) is 0 Å². The van der Waals surface area contributed by atoms with Gasteiger partial charge in [-0.2, -0.15) is 0 Å². The topological polar surface area (TPSA) is 240 Å². The number of nitrogens with one attached hydrogen (secondary N) is 2. The zero-order chi connectivity index (χ0) is 22.6. The number of H-pyrrole nitrogens is 2. The minimum absolute atomic E-state index is 0.0834. The molecule has 2 heterocycles. The SMILES string of the molecule is O=c1[nH]c(=O)c2c([nH]1)n(C[C@H](O)[C@@H](O)[C@H](O)CO)c(=O)n2CCCCOP(=O)(O)O. The van der Waals surface area contributed by atoms with E-state index >= 15 is 0 Å². The summed E-state index contributed by atoms with van der Waals surface area (Å²) in [6, 6.07) is 0. The Morgan fingerprint density at radius 2 is 1.67 bits per heavy atom. The van der Waals surface area contributed by atoms with Crippen LogP contribution in [0.25, 0.3) is 11.2 Å². The Morgan fingerprint density at radius 1 is 1.00 bits per heavy atom. The number of phosphoric ester groups is 1. The number of hydrogen-bond donors (Lipinski definition) is 8. The number of hydrogen-bond acceptors (Lipinski definition) is 9. The molecule has 0 amide bonds. The van der Waals surface area contributed by atoms with E-state index in [9.17, 15) is 34.3 Å². The second-order valence-electron chi connectivity index (χ2n) is 6.49. The fourth-order valence-corrected chi connectivity index (χ4v) is 3.21. The number of aliphatic hydroxyl groups is 4. The molecule has 2 aromatic heterocycles. The highest BCUT2D eigenvalue weighted by molar-refractivity contribution is 7.46. The second-order valence-corrected chi connectivity index (χ2v) is 7.73. The molecule has 3 atom stereocenters. The first kappa shape index (κ1) is 24.2. The molecule has 0 aliphatic rings. The average Bonchev–Trinajstić information content (AvgIpc) is 2.91. The lowest BCUT2D eigenvalue weighted by Crippen LogP contribution is -2.43. The van der Waals surface area contributed by atoms with E-state index in [4.69, 9.17) is 14.9 Å². The third-order valence-electron chi connectivity index (χ3n) is 4.28. The molecule has 16 heteroatoms. The third-order valence-corrected chi connectivity index (χ3v) is 4.80. The Bertz CT molecular complexity index is 1080. The first-order valence-electron chi connectivity index (χ1n) is 8.77. The van der Waals surface area contributed by atoms with Crippen LogP contribution in [0.4, 0.5) is 0 Å². The van der Waals surface area contributed by atoms with Crippen LogP contribution in [0.5, 0.6) is 0 Å². The Hall–Kier alpha value is -2.10. The molecule has 8 N–H and O–H groups in total. The molecule has 0 unspecified atom stereocenters. The Morgan fingerprint density at radius 3 is 2.27 bits per heavy atom. The lowest BCUT2D eigenvalue weighted by Gasteiger charge is -2.21. The number of rotatable bonds is 11. The van der Waals surface area contributed by atoms with Gasteiger partial charge in [0.25, 0.3) is 5.56 Å². The van der Waals surface area contributed by atoms with Crippen molar-refractivity contribution in [1.29, 1.82) is 0 Å². The molecule has 0 bridgehead atoms. The molecule has 0 aliphatic heterocycles. The first-order chi connectivity index (χ1) is 14.0. The standard InChI is InChI=1S/C14H23N4O11P/c19-6-8(21)10(22)7(20)5-18-11-9(12(23)16-13(24)15-11)17(14(18)25)3-1-2-4-29-30(26,27)28/h7-8,10,19-22H,1-6H2,(H2,26,27,28)(H2,15,16,23,24)/t7-,8+,10+/m0/s1. The Labute approximate surface area is 167 Å². The van der Waals surface area contributed by atoms with Crippen molar-refractivity contribution in [1.82, 2.24) is 19.1 Å². The van der Waals surface area contributed by atoms with Gasteiger partial charge in [0.05, 0.1) is 19.8 Å². The van der Waals surface area contributed by atoms with Crippen LogP contribution < -0.4 is 16.9 Å². The number of aromatic nitrogens is 4. The molecule has 0 fully saturated rings. The summed E-state index contributed by atoms with van der Waals surface area (Å²) in [5, 5.41) is 38.2. The van der Waals surface area contributed by atoms with Crippen LogP contribution in [0.3, 0.4) is 0 Å². The largest absolute Gasteiger partial charge is 0.469 e. The van der Waals surface area contributed by atoms with E-state index in [2.05, 4.69) is 9.51 Å². The maximum Gasteiger partial charge on any atom is 0.469 e. The highest BCUT2D eigenvalue weighted by atomic mass is 31.2. The van der Waals surface area contributed by atoms with E-state index < -0.39 is 56.2 Å². The average molecular weight is 454 g/mol. The fraction of sp³-hybridized carbons (Fsp3) is 0.643. The van der Waals surface area contributed by atoms with Gasteiger partial charge in [-0.1, -0.05) is 0 Å². The van der Waals surface area contributed by atoms with Crippen LogP contribution in [0.15, 0.2) is 14.4 Å². The molecule has 15 nitrogen and oxygen atoms in total. The van der Waals surface area contributed by atoms with Gasteiger partial charge in [-0.05, 0) is 12.8 Å². The molecule has 170 valence electrons. The highest BCUT2D eigenvalue weighted by Crippen LogP contribution is 2.35. The smallest absolute Gasteiger partial charge is 0.394 e. The molecule has 0 saturated heterocycles. The second kappa shape index (κ2) is 9.80. The van der Waals surface area contributed by atoms with Gasteiger partial charge in [0.1, 0.15) is 24.0 Å². The zero-order valence-corrected chi connectivity index (χ0v) is 16.4. The molecule has 2 aromatic rings. The van der Waals surface area contributed by atoms with Crippen LogP contribution in [-0.4, -0.2) is 80.8 Å². The van der Waals surface area contributed by atoms with Crippen molar-refractivity contribution in [3.05, 3.63) is 31.3 Å². The molecule has 30 heavy (non-hydrogen) atoms. The van der Waals surface area contributed by atoms with Crippen LogP contribution in [-0.2, 0) is 22.2 Å². The monoisotopic (exact) mass is 454 g/mol. The summed E-state index contributed by atoms with van der Waals surface area (Å²) in [4.78, 5) is 58.1. The molecule has 0 radical (unpaired) electrons. The molecular weight excluding hydrogens is 431 g/mol. The Kier molecular flexibility index (Phi) is 7.90. The number of aryl methyl sites for hydroxylation is 1. The number of fused-ring (bicyclic) bond motifs is 1. The van der Waals surface area contributed by atoms with Gasteiger partial charge in [0.15, 0.2) is 5.52 Å². The zero-order valence-electron chi connectivity index (χ0n) is 15.5. The minimum atomic E-state index is -4.63. The summed E-state index contributed by atoms with van der Waals surface area (Å²) in [5.41, 5.74) is -3.08. The number of nitrogens with zero attached hydrogens (tertiary/aromatic N) is 2. The van der Waals surface area contributed by atoms with E-state index in [1.54, 1.807) is 0 Å². The number of aliphatic hydroxyl groups excluding tert-OH is 4. The molecular formula is C14H23N4O11P. The quantitative estimate of drug-likeness (QED) is 0.121. The van der Waals surface area contributed by atoms with Crippen molar-refractivity contribution in [2.75, 3.05) is 13.2 Å². The summed E-state index contributed by atoms with van der Waals surface area (Å²) in [7, 11) is -4.63. The lowest BCUT2D eigenvalue weighted by atomic mass is 10.1. The van der Waals surface area contributed by atoms with E-state index in [1.807, 2.05) is 4.98 Å². The number of phosphoric acid groups is 1. The number of aromatic amines is 2. The molecule has 0 aliphatic carbocycles. The van der Waals surface area contributed by atoms with Crippen LogP contribution in [0.2, 0.25) is 0 Å². The maximum absolute atomic E-state index is 12.8. The van der Waals surface area contributed by atoms with Crippen molar-refractivity contribution >= 4 is 19.0 Å². The van der Waals surface area contributed by atoms with E-state index in [-0.39, 0.29) is 37.2 Å². The van der Waals surface area contributed by atoms with Crippen molar-refractivity contribution < 1.29 is 39.3 Å². The number of imidazole rings is 1. The molecule has 0 spiro atoms. The Balaban J connectivity index is 2.34. The summed E-state index contributed by atoms with van der Waals surface area (Å²) in [5.74, 6) is 0. The lowest BCUT2D eigenvalue weighted by molar-refractivity contribution is -0.0806. The molecule has 0 aromatic carbocycles. The van der Waals surface area contributed by atoms with Crippen molar-refractivity contribution in [3.8, 4) is 0 Å². The summed E-state index contributed by atoms with van der Waals surface area (Å²) in [6.07, 6.45) is -4.90. The van der Waals surface area contributed by atoms with Gasteiger partial charge < -0.3 is 30.2 Å². The van der Waals surface area contributed by atoms with Gasteiger partial charge in [-0.25, -0.2) is 14.2 Å². The summed E-state index contributed by atoms with van der Waals surface area (Å²) >= 11 is 0. The van der Waals surface area contributed by atoms with E-state index in [0.29, 0.717) is 0 Å². The number of unbranched alkanes of at least 4 members (excludes halogenated alkanes) is 1. The molecule has 2 rings (SSSR count). The fourth-order valence-electron chi connectivity index (χ4n) is 2.84. The van der Waals surface area contributed by atoms with Gasteiger partial charge in [-0.15, -0.1) is 0 Å². The van der Waals surface area contributed by atoms with Crippen molar-refractivity contribution in [2.45, 2.75) is 44.2 Å². The summed E-state index contributed by atoms with van der Waals surface area (Å²) < 4.78 is 16.8. The maximum atomic E-state index is 12.8. The van der Waals surface area contributed by atoms with Crippen molar-refractivity contribution in [3.63, 3.8) is 0 Å². The third kappa shape index (κ3) is 5.74. The van der Waals surface area contributed by atoms with Gasteiger partial charge >= 0.3 is 19.2 Å². The van der Waals surface area contributed by atoms with Crippen LogP contribution in [0.1, 0.15) is 12.8 Å². The van der Waals surface area contributed by atoms with Gasteiger partial charge in [0, 0.05) is 6.54 Å².